The maximum absolute atomic E-state index is 12.5. The van der Waals surface area contributed by atoms with E-state index >= 15 is 0 Å². The summed E-state index contributed by atoms with van der Waals surface area (Å²) in [5.74, 6) is -0.373. The highest BCUT2D eigenvalue weighted by Gasteiger charge is 2.24. The molecular formula is C20H22N2O2. The Morgan fingerprint density at radius 1 is 1.00 bits per heavy atom. The number of benzene rings is 2. The van der Waals surface area contributed by atoms with Crippen molar-refractivity contribution >= 4 is 17.5 Å². The summed E-state index contributed by atoms with van der Waals surface area (Å²) >= 11 is 0. The van der Waals surface area contributed by atoms with Crippen molar-refractivity contribution in [2.75, 3.05) is 5.32 Å². The standard InChI is InChI=1S/C20H22N2O2/c1-12(2)19(21-13(3)23)20(24)22-16-9-8-15-10-14-6-4-5-7-17(14)18(15)11-16/h4-9,11-12,19H,10H2,1-3H3,(H,21,23)(H,22,24)/t19-/m1/s1. The molecule has 0 aliphatic heterocycles. The van der Waals surface area contributed by atoms with Gasteiger partial charge in [0.1, 0.15) is 6.04 Å². The normalized spacial score (nSPS) is 13.2. The van der Waals surface area contributed by atoms with Crippen molar-refractivity contribution in [3.05, 3.63) is 53.6 Å². The van der Waals surface area contributed by atoms with Crippen LogP contribution in [0.1, 0.15) is 31.9 Å². The van der Waals surface area contributed by atoms with Gasteiger partial charge in [-0.2, -0.15) is 0 Å². The first-order valence-corrected chi connectivity index (χ1v) is 8.25. The molecule has 2 N–H and O–H groups in total. The molecule has 0 unspecified atom stereocenters. The molecule has 0 radical (unpaired) electrons. The van der Waals surface area contributed by atoms with Gasteiger partial charge in [-0.3, -0.25) is 9.59 Å². The van der Waals surface area contributed by atoms with Gasteiger partial charge in [-0.1, -0.05) is 44.2 Å². The average molecular weight is 322 g/mol. The Bertz CT molecular complexity index is 796. The van der Waals surface area contributed by atoms with E-state index in [4.69, 9.17) is 0 Å². The Morgan fingerprint density at radius 3 is 2.42 bits per heavy atom. The van der Waals surface area contributed by atoms with Crippen LogP contribution in [0.3, 0.4) is 0 Å². The van der Waals surface area contributed by atoms with Crippen LogP contribution in [0.25, 0.3) is 11.1 Å². The van der Waals surface area contributed by atoms with Crippen LogP contribution in [0.15, 0.2) is 42.5 Å². The topological polar surface area (TPSA) is 58.2 Å². The number of carbonyl (C=O) groups excluding carboxylic acids is 2. The van der Waals surface area contributed by atoms with Crippen molar-refractivity contribution in [3.63, 3.8) is 0 Å². The molecule has 4 heteroatoms. The minimum absolute atomic E-state index is 0.0176. The third-order valence-electron chi connectivity index (χ3n) is 4.37. The minimum Gasteiger partial charge on any atom is -0.344 e. The van der Waals surface area contributed by atoms with Gasteiger partial charge in [-0.25, -0.2) is 0 Å². The molecule has 0 spiro atoms. The summed E-state index contributed by atoms with van der Waals surface area (Å²) < 4.78 is 0. The number of hydrogen-bond acceptors (Lipinski definition) is 2. The van der Waals surface area contributed by atoms with Gasteiger partial charge in [0, 0.05) is 12.6 Å². The van der Waals surface area contributed by atoms with Crippen molar-refractivity contribution in [3.8, 4) is 11.1 Å². The Kier molecular flexibility index (Phi) is 4.38. The second-order valence-corrected chi connectivity index (χ2v) is 6.62. The first kappa shape index (κ1) is 16.2. The van der Waals surface area contributed by atoms with Gasteiger partial charge in [0.15, 0.2) is 0 Å². The molecule has 0 fully saturated rings. The van der Waals surface area contributed by atoms with Gasteiger partial charge in [-0.05, 0) is 46.7 Å². The molecule has 1 atom stereocenters. The lowest BCUT2D eigenvalue weighted by molar-refractivity contribution is -0.126. The van der Waals surface area contributed by atoms with Gasteiger partial charge < -0.3 is 10.6 Å². The molecule has 1 aliphatic carbocycles. The Balaban J connectivity index is 1.82. The summed E-state index contributed by atoms with van der Waals surface area (Å²) in [7, 11) is 0. The van der Waals surface area contributed by atoms with E-state index in [2.05, 4.69) is 28.8 Å². The van der Waals surface area contributed by atoms with E-state index in [-0.39, 0.29) is 17.7 Å². The lowest BCUT2D eigenvalue weighted by atomic mass is 10.0. The van der Waals surface area contributed by atoms with Crippen molar-refractivity contribution in [2.24, 2.45) is 5.92 Å². The minimum atomic E-state index is -0.539. The molecule has 0 saturated heterocycles. The van der Waals surface area contributed by atoms with Crippen LogP contribution < -0.4 is 10.6 Å². The van der Waals surface area contributed by atoms with Crippen molar-refractivity contribution in [1.29, 1.82) is 0 Å². The fraction of sp³-hybridized carbons (Fsp3) is 0.300. The zero-order valence-electron chi connectivity index (χ0n) is 14.2. The summed E-state index contributed by atoms with van der Waals surface area (Å²) in [4.78, 5) is 23.8. The predicted octanol–water partition coefficient (Wildman–Crippen LogP) is 3.36. The molecule has 24 heavy (non-hydrogen) atoms. The molecule has 0 aromatic heterocycles. The second-order valence-electron chi connectivity index (χ2n) is 6.62. The number of hydrogen-bond donors (Lipinski definition) is 2. The molecule has 4 nitrogen and oxygen atoms in total. The molecule has 3 rings (SSSR count). The van der Waals surface area contributed by atoms with E-state index < -0.39 is 6.04 Å². The van der Waals surface area contributed by atoms with Gasteiger partial charge in [-0.15, -0.1) is 0 Å². The quantitative estimate of drug-likeness (QED) is 0.774. The van der Waals surface area contributed by atoms with Crippen molar-refractivity contribution < 1.29 is 9.59 Å². The Hall–Kier alpha value is -2.62. The van der Waals surface area contributed by atoms with Crippen LogP contribution in [0, 0.1) is 5.92 Å². The number of nitrogens with one attached hydrogen (secondary N) is 2. The average Bonchev–Trinajstić information content (AvgIpc) is 2.90. The highest BCUT2D eigenvalue weighted by Crippen LogP contribution is 2.37. The number of carbonyl (C=O) groups is 2. The third-order valence-corrected chi connectivity index (χ3v) is 4.37. The third kappa shape index (κ3) is 3.18. The highest BCUT2D eigenvalue weighted by atomic mass is 16.2. The SMILES string of the molecule is CC(=O)N[C@@H](C(=O)Nc1ccc2c(c1)-c1ccccc1C2)C(C)C. The lowest BCUT2D eigenvalue weighted by Gasteiger charge is -2.21. The van der Waals surface area contributed by atoms with Gasteiger partial charge in [0.2, 0.25) is 11.8 Å². The van der Waals surface area contributed by atoms with Crippen molar-refractivity contribution in [1.82, 2.24) is 5.32 Å². The van der Waals surface area contributed by atoms with Crippen molar-refractivity contribution in [2.45, 2.75) is 33.2 Å². The van der Waals surface area contributed by atoms with Crippen LogP contribution >= 0.6 is 0 Å². The smallest absolute Gasteiger partial charge is 0.247 e. The fourth-order valence-corrected chi connectivity index (χ4v) is 3.18. The molecular weight excluding hydrogens is 300 g/mol. The largest absolute Gasteiger partial charge is 0.344 e. The molecule has 2 aromatic rings. The Labute approximate surface area is 142 Å². The van der Waals surface area contributed by atoms with E-state index in [1.165, 1.54) is 29.2 Å². The summed E-state index contributed by atoms with van der Waals surface area (Å²) in [5, 5.41) is 5.65. The molecule has 0 saturated carbocycles. The maximum Gasteiger partial charge on any atom is 0.247 e. The van der Waals surface area contributed by atoms with E-state index in [0.29, 0.717) is 0 Å². The molecule has 0 bridgehead atoms. The Morgan fingerprint density at radius 2 is 1.71 bits per heavy atom. The lowest BCUT2D eigenvalue weighted by Crippen LogP contribution is -2.46. The van der Waals surface area contributed by atoms with Gasteiger partial charge in [0.05, 0.1) is 0 Å². The first-order chi connectivity index (χ1) is 11.5. The summed E-state index contributed by atoms with van der Waals surface area (Å²) in [6.45, 7) is 5.26. The first-order valence-electron chi connectivity index (χ1n) is 8.25. The second kappa shape index (κ2) is 6.48. The zero-order valence-corrected chi connectivity index (χ0v) is 14.2. The maximum atomic E-state index is 12.5. The molecule has 0 heterocycles. The van der Waals surface area contributed by atoms with Crippen LogP contribution in [0.5, 0.6) is 0 Å². The monoisotopic (exact) mass is 322 g/mol. The predicted molar refractivity (Wildman–Crippen MR) is 95.8 cm³/mol. The number of anilines is 1. The van der Waals surface area contributed by atoms with E-state index in [0.717, 1.165) is 12.1 Å². The molecule has 2 aromatic carbocycles. The number of fused-ring (bicyclic) bond motifs is 3. The van der Waals surface area contributed by atoms with Crippen LogP contribution in [-0.4, -0.2) is 17.9 Å². The van der Waals surface area contributed by atoms with E-state index in [1.807, 2.05) is 38.1 Å². The molecule has 124 valence electrons. The van der Waals surface area contributed by atoms with Gasteiger partial charge in [0.25, 0.3) is 0 Å². The van der Waals surface area contributed by atoms with E-state index in [9.17, 15) is 9.59 Å². The molecule has 2 amide bonds. The summed E-state index contributed by atoms with van der Waals surface area (Å²) in [5.41, 5.74) is 5.74. The summed E-state index contributed by atoms with van der Waals surface area (Å²) in [6.07, 6.45) is 0.931. The van der Waals surface area contributed by atoms with Crippen LogP contribution in [0.4, 0.5) is 5.69 Å². The fourth-order valence-electron chi connectivity index (χ4n) is 3.18. The van der Waals surface area contributed by atoms with Gasteiger partial charge >= 0.3 is 0 Å². The van der Waals surface area contributed by atoms with Crippen LogP contribution in [0.2, 0.25) is 0 Å². The number of rotatable bonds is 4. The zero-order chi connectivity index (χ0) is 17.3. The van der Waals surface area contributed by atoms with E-state index in [1.54, 1.807) is 0 Å². The molecule has 1 aliphatic rings. The number of amides is 2. The summed E-state index contributed by atoms with van der Waals surface area (Å²) in [6, 6.07) is 13.8. The highest BCUT2D eigenvalue weighted by molar-refractivity contribution is 5.98. The van der Waals surface area contributed by atoms with Crippen LogP contribution in [-0.2, 0) is 16.0 Å².